The summed E-state index contributed by atoms with van der Waals surface area (Å²) in [6.45, 7) is 4.10. The fraction of sp³-hybridized carbons (Fsp3) is 0.833. The van der Waals surface area contributed by atoms with Crippen molar-refractivity contribution >= 4 is 6.29 Å². The van der Waals surface area contributed by atoms with Crippen LogP contribution in [0.5, 0.6) is 0 Å². The van der Waals surface area contributed by atoms with Gasteiger partial charge >= 0.3 is 0 Å². The molecule has 0 aliphatic heterocycles. The molecule has 0 atom stereocenters. The second-order valence-electron chi connectivity index (χ2n) is 0.644. The molecule has 54 valence electrons. The van der Waals surface area contributed by atoms with Crippen molar-refractivity contribution in [1.82, 2.24) is 0 Å². The topological polar surface area (TPSA) is 43.1 Å². The van der Waals surface area contributed by atoms with Crippen LogP contribution in [0.2, 0.25) is 0 Å². The first-order valence-corrected chi connectivity index (χ1v) is 1.93. The third kappa shape index (κ3) is 882. The van der Waals surface area contributed by atoms with Gasteiger partial charge in [0.05, 0.1) is 0 Å². The van der Waals surface area contributed by atoms with Gasteiger partial charge in [-0.3, -0.25) is 0 Å². The molecule has 0 spiro atoms. The maximum atomic E-state index is 8.81. The van der Waals surface area contributed by atoms with Gasteiger partial charge in [0.25, 0.3) is 0 Å². The Labute approximate surface area is 53.1 Å². The first-order valence-electron chi connectivity index (χ1n) is 1.93. The third-order valence-corrected chi connectivity index (χ3v) is 0. The van der Waals surface area contributed by atoms with E-state index in [1.807, 2.05) is 6.92 Å². The largest absolute Gasteiger partial charge is 0.331 e. The van der Waals surface area contributed by atoms with Gasteiger partial charge in [-0.2, -0.15) is 0 Å². The first kappa shape index (κ1) is 25.5. The molecule has 0 fully saturated rings. The maximum absolute atomic E-state index is 8.81. The Kier molecular flexibility index (Phi) is 252. The van der Waals surface area contributed by atoms with E-state index in [1.165, 1.54) is 6.92 Å². The van der Waals surface area contributed by atoms with Crippen LogP contribution in [0.1, 0.15) is 28.7 Å². The monoisotopic (exact) mass is 121 g/mol. The van der Waals surface area contributed by atoms with Crippen molar-refractivity contribution in [2.24, 2.45) is 5.73 Å². The first-order chi connectivity index (χ1) is 2.83. The smallest absolute Gasteiger partial charge is 0.116 e. The zero-order chi connectivity index (χ0) is 5.41. The number of aldehydes is 1. The Balaban J connectivity index is -0.0000000160. The molecule has 2 heteroatoms. The van der Waals surface area contributed by atoms with Crippen LogP contribution in [0, 0.1) is 0 Å². The lowest BCUT2D eigenvalue weighted by Gasteiger charge is -1.53. The highest BCUT2D eigenvalue weighted by Crippen LogP contribution is 1.20. The third-order valence-electron chi connectivity index (χ3n) is 0. The highest BCUT2D eigenvalue weighted by Gasteiger charge is 1.32. The molecule has 0 aliphatic rings. The van der Waals surface area contributed by atoms with Crippen molar-refractivity contribution in [1.29, 1.82) is 0 Å². The van der Waals surface area contributed by atoms with Crippen molar-refractivity contribution in [3.63, 3.8) is 0 Å². The minimum atomic E-state index is 0. The molecule has 2 N–H and O–H groups in total. The highest BCUT2D eigenvalue weighted by molar-refractivity contribution is 5.44. The normalized spacial score (nSPS) is 3.88. The number of carbonyl (C=O) groups is 1. The molecule has 2 nitrogen and oxygen atoms in total. The summed E-state index contributed by atoms with van der Waals surface area (Å²) in [5, 5.41) is 0. The second kappa shape index (κ2) is 79.1. The minimum Gasteiger partial charge on any atom is -0.331 e. The predicted octanol–water partition coefficient (Wildman–Crippen LogP) is 1.44. The molecule has 0 radical (unpaired) electrons. The van der Waals surface area contributed by atoms with Gasteiger partial charge in [-0.05, 0) is 13.5 Å². The molecule has 0 bridgehead atoms. The fourth-order valence-electron chi connectivity index (χ4n) is 0. The van der Waals surface area contributed by atoms with Crippen molar-refractivity contribution in [3.8, 4) is 0 Å². The quantitative estimate of drug-likeness (QED) is 0.493. The van der Waals surface area contributed by atoms with E-state index in [0.29, 0.717) is 0 Å². The molecule has 0 aromatic heterocycles. The molecule has 0 amide bonds. The van der Waals surface area contributed by atoms with Crippen molar-refractivity contribution in [3.05, 3.63) is 0 Å². The van der Waals surface area contributed by atoms with E-state index >= 15 is 0 Å². The Bertz CT molecular complexity index is 22.5. The lowest BCUT2D eigenvalue weighted by molar-refractivity contribution is -0.106. The predicted molar refractivity (Wildman–Crippen MR) is 39.9 cm³/mol. The summed E-state index contributed by atoms with van der Waals surface area (Å²) < 4.78 is 0. The molecular weight excluding hydrogens is 102 g/mol. The van der Waals surface area contributed by atoms with Crippen LogP contribution in [0.3, 0.4) is 0 Å². The van der Waals surface area contributed by atoms with Crippen LogP contribution < -0.4 is 5.73 Å². The molecule has 0 rings (SSSR count). The lowest BCUT2D eigenvalue weighted by Crippen LogP contribution is -1.87. The van der Waals surface area contributed by atoms with Gasteiger partial charge in [-0.15, -0.1) is 0 Å². The second-order valence-corrected chi connectivity index (χ2v) is 0.644. The van der Waals surface area contributed by atoms with Gasteiger partial charge in [0, 0.05) is 0 Å². The minimum absolute atomic E-state index is 0. The molecular formula is C6H19NO. The molecule has 0 heterocycles. The van der Waals surface area contributed by atoms with Crippen LogP contribution in [-0.4, -0.2) is 12.8 Å². The van der Waals surface area contributed by atoms with E-state index in [4.69, 9.17) is 10.5 Å². The molecule has 0 saturated carbocycles. The van der Waals surface area contributed by atoms with Gasteiger partial charge in [0.15, 0.2) is 0 Å². The zero-order valence-electron chi connectivity index (χ0n) is 4.27. The summed E-state index contributed by atoms with van der Waals surface area (Å²) in [7, 11) is 0. The summed E-state index contributed by atoms with van der Waals surface area (Å²) in [6, 6.07) is 0. The Morgan fingerprint density at radius 3 is 1.50 bits per heavy atom. The van der Waals surface area contributed by atoms with Crippen LogP contribution in [-0.2, 0) is 4.79 Å². The Morgan fingerprint density at radius 1 is 1.50 bits per heavy atom. The molecule has 0 aromatic rings. The van der Waals surface area contributed by atoms with Crippen LogP contribution in [0.15, 0.2) is 0 Å². The molecule has 8 heavy (non-hydrogen) atoms. The van der Waals surface area contributed by atoms with Crippen molar-refractivity contribution in [2.45, 2.75) is 28.7 Å². The summed E-state index contributed by atoms with van der Waals surface area (Å²) >= 11 is 0. The van der Waals surface area contributed by atoms with E-state index in [-0.39, 0.29) is 14.9 Å². The van der Waals surface area contributed by atoms with E-state index in [2.05, 4.69) is 0 Å². The number of hydrogen-bond acceptors (Lipinski definition) is 2. The maximum Gasteiger partial charge on any atom is 0.116 e. The van der Waals surface area contributed by atoms with Crippen molar-refractivity contribution < 1.29 is 4.79 Å². The van der Waals surface area contributed by atoms with E-state index in [1.54, 1.807) is 0 Å². The summed E-state index contributed by atoms with van der Waals surface area (Å²) in [6.07, 6.45) is 0.750. The van der Waals surface area contributed by atoms with Crippen LogP contribution in [0.25, 0.3) is 0 Å². The molecule has 0 aliphatic carbocycles. The van der Waals surface area contributed by atoms with Crippen LogP contribution >= 0.6 is 0 Å². The van der Waals surface area contributed by atoms with Gasteiger partial charge in [-0.1, -0.05) is 21.8 Å². The number of nitrogens with two attached hydrogens (primary N) is 1. The van der Waals surface area contributed by atoms with Gasteiger partial charge in [-0.25, -0.2) is 0 Å². The Hall–Kier alpha value is -0.370. The average molecular weight is 121 g/mol. The summed E-state index contributed by atoms with van der Waals surface area (Å²) in [4.78, 5) is 8.81. The number of carbonyl (C=O) groups excluding carboxylic acids is 1. The standard InChI is InChI=1S/C2H7N.C2H4O.2CH4/c2*1-2-3;;/h2-3H2,1H3;2H,1H3;2*1H4. The fourth-order valence-corrected chi connectivity index (χ4v) is 0. The Morgan fingerprint density at radius 2 is 1.50 bits per heavy atom. The summed E-state index contributed by atoms with van der Waals surface area (Å²) in [5.41, 5.74) is 4.85. The average Bonchev–Trinajstić information content (AvgIpc) is 1.39. The number of hydrogen-bond donors (Lipinski definition) is 1. The van der Waals surface area contributed by atoms with Gasteiger partial charge in [0.2, 0.25) is 0 Å². The van der Waals surface area contributed by atoms with E-state index in [0.717, 1.165) is 12.8 Å². The molecule has 0 unspecified atom stereocenters. The van der Waals surface area contributed by atoms with E-state index < -0.39 is 0 Å². The van der Waals surface area contributed by atoms with E-state index in [9.17, 15) is 0 Å². The molecule has 0 saturated heterocycles. The zero-order valence-corrected chi connectivity index (χ0v) is 4.27. The lowest BCUT2D eigenvalue weighted by atomic mass is 10.8. The number of rotatable bonds is 0. The van der Waals surface area contributed by atoms with Gasteiger partial charge in [0.1, 0.15) is 6.29 Å². The summed E-state index contributed by atoms with van der Waals surface area (Å²) in [5.74, 6) is 0. The highest BCUT2D eigenvalue weighted by atomic mass is 16.1. The van der Waals surface area contributed by atoms with Gasteiger partial charge < -0.3 is 10.5 Å². The van der Waals surface area contributed by atoms with Crippen molar-refractivity contribution in [2.75, 3.05) is 6.54 Å². The SMILES string of the molecule is C.C.CC=O.CCN. The van der Waals surface area contributed by atoms with Crippen LogP contribution in [0.4, 0.5) is 0 Å². The molecule has 0 aromatic carbocycles.